The van der Waals surface area contributed by atoms with Gasteiger partial charge < -0.3 is 0 Å². The van der Waals surface area contributed by atoms with Gasteiger partial charge in [0.15, 0.2) is 0 Å². The third-order valence-corrected chi connectivity index (χ3v) is 3.56. The number of rotatable bonds is 1. The van der Waals surface area contributed by atoms with Crippen LogP contribution in [-0.2, 0) is 0 Å². The van der Waals surface area contributed by atoms with Gasteiger partial charge in [0, 0.05) is 12.6 Å². The summed E-state index contributed by atoms with van der Waals surface area (Å²) in [5.41, 5.74) is 0. The molecule has 3 atom stereocenters. The molecule has 0 aromatic carbocycles. The molecular weight excluding hydrogens is 134 g/mol. The fourth-order valence-corrected chi connectivity index (χ4v) is 2.74. The lowest BCUT2D eigenvalue weighted by Gasteiger charge is -2.52. The summed E-state index contributed by atoms with van der Waals surface area (Å²) in [5, 5.41) is 0. The van der Waals surface area contributed by atoms with Crippen molar-refractivity contribution in [3.05, 3.63) is 0 Å². The average molecular weight is 153 g/mol. The van der Waals surface area contributed by atoms with E-state index in [1.54, 1.807) is 0 Å². The van der Waals surface area contributed by atoms with Crippen molar-refractivity contribution in [1.82, 2.24) is 4.90 Å². The first-order valence-electron chi connectivity index (χ1n) is 5.05. The minimum absolute atomic E-state index is 0.976. The van der Waals surface area contributed by atoms with Gasteiger partial charge in [0.25, 0.3) is 0 Å². The minimum atomic E-state index is 0.976. The van der Waals surface area contributed by atoms with Crippen LogP contribution in [0.15, 0.2) is 0 Å². The van der Waals surface area contributed by atoms with Crippen LogP contribution in [0.2, 0.25) is 0 Å². The molecule has 2 rings (SSSR count). The normalized spacial score (nSPS) is 44.7. The molecule has 1 heterocycles. The number of fused-ring (bicyclic) bond motifs is 1. The van der Waals surface area contributed by atoms with Gasteiger partial charge in [0.2, 0.25) is 0 Å². The summed E-state index contributed by atoms with van der Waals surface area (Å²) < 4.78 is 0. The lowest BCUT2D eigenvalue weighted by atomic mass is 9.73. The maximum atomic E-state index is 2.64. The molecule has 0 aromatic rings. The molecule has 0 radical (unpaired) electrons. The van der Waals surface area contributed by atoms with E-state index in [-0.39, 0.29) is 0 Å². The Hall–Kier alpha value is -0.0400. The summed E-state index contributed by atoms with van der Waals surface area (Å²) in [6.07, 6.45) is 4.46. The highest BCUT2D eigenvalue weighted by molar-refractivity contribution is 4.94. The third-order valence-electron chi connectivity index (χ3n) is 3.56. The van der Waals surface area contributed by atoms with Gasteiger partial charge in [-0.15, -0.1) is 0 Å². The van der Waals surface area contributed by atoms with Crippen molar-refractivity contribution in [2.24, 2.45) is 11.8 Å². The first kappa shape index (κ1) is 7.60. The molecule has 2 aliphatic rings. The maximum Gasteiger partial charge on any atom is 0.0138 e. The van der Waals surface area contributed by atoms with E-state index >= 15 is 0 Å². The van der Waals surface area contributed by atoms with E-state index < -0.39 is 0 Å². The summed E-state index contributed by atoms with van der Waals surface area (Å²) in [5.74, 6) is 2.07. The first-order chi connectivity index (χ1) is 5.31. The second-order valence-electron chi connectivity index (χ2n) is 4.33. The Morgan fingerprint density at radius 3 is 2.91 bits per heavy atom. The molecule has 1 aliphatic carbocycles. The molecule has 2 fully saturated rings. The van der Waals surface area contributed by atoms with Gasteiger partial charge in [0.1, 0.15) is 0 Å². The number of hydrogen-bond donors (Lipinski definition) is 0. The van der Waals surface area contributed by atoms with Gasteiger partial charge in [-0.1, -0.05) is 20.3 Å². The van der Waals surface area contributed by atoms with Crippen molar-refractivity contribution in [3.63, 3.8) is 0 Å². The summed E-state index contributed by atoms with van der Waals surface area (Å²) in [6.45, 7) is 7.36. The Morgan fingerprint density at radius 1 is 1.36 bits per heavy atom. The average Bonchev–Trinajstić information content (AvgIpc) is 1.97. The molecule has 0 bridgehead atoms. The quantitative estimate of drug-likeness (QED) is 0.558. The predicted octanol–water partition coefficient (Wildman–Crippen LogP) is 2.13. The molecule has 0 N–H and O–H groups in total. The topological polar surface area (TPSA) is 3.24 Å². The van der Waals surface area contributed by atoms with Crippen molar-refractivity contribution in [1.29, 1.82) is 0 Å². The monoisotopic (exact) mass is 153 g/mol. The molecule has 2 unspecified atom stereocenters. The number of nitrogens with zero attached hydrogens (tertiary/aromatic N) is 1. The van der Waals surface area contributed by atoms with E-state index in [0.717, 1.165) is 17.9 Å². The highest BCUT2D eigenvalue weighted by atomic mass is 15.2. The molecule has 0 amide bonds. The third kappa shape index (κ3) is 1.20. The van der Waals surface area contributed by atoms with Crippen molar-refractivity contribution in [2.45, 2.75) is 39.2 Å². The largest absolute Gasteiger partial charge is 0.300 e. The van der Waals surface area contributed by atoms with E-state index in [0.29, 0.717) is 0 Å². The Morgan fingerprint density at radius 2 is 2.18 bits per heavy atom. The van der Waals surface area contributed by atoms with E-state index in [2.05, 4.69) is 18.7 Å². The molecule has 1 aliphatic heterocycles. The summed E-state index contributed by atoms with van der Waals surface area (Å²) in [7, 11) is 0. The fraction of sp³-hybridized carbons (Fsp3) is 1.00. The van der Waals surface area contributed by atoms with Crippen molar-refractivity contribution in [3.8, 4) is 0 Å². The second kappa shape index (κ2) is 2.78. The number of likely N-dealkylation sites (tertiary alicyclic amines) is 1. The second-order valence-corrected chi connectivity index (χ2v) is 4.33. The molecule has 1 nitrogen and oxygen atoms in total. The zero-order valence-electron chi connectivity index (χ0n) is 7.71. The van der Waals surface area contributed by atoms with E-state index in [1.807, 2.05) is 0 Å². The van der Waals surface area contributed by atoms with E-state index in [1.165, 1.54) is 32.4 Å². The van der Waals surface area contributed by atoms with Crippen LogP contribution in [-0.4, -0.2) is 24.0 Å². The lowest BCUT2D eigenvalue weighted by Crippen LogP contribution is -2.58. The minimum Gasteiger partial charge on any atom is -0.300 e. The summed E-state index contributed by atoms with van der Waals surface area (Å²) in [6, 6.07) is 0.976. The van der Waals surface area contributed by atoms with Crippen LogP contribution in [0.5, 0.6) is 0 Å². The van der Waals surface area contributed by atoms with Crippen molar-refractivity contribution in [2.75, 3.05) is 13.1 Å². The standard InChI is InChI=1S/C10H19N/c1-3-11-7-9-5-4-8(2)6-10(9)11/h8-10H,3-7H2,1-2H3/t8-,9?,10?/m1/s1. The lowest BCUT2D eigenvalue weighted by molar-refractivity contribution is -0.0242. The van der Waals surface area contributed by atoms with Crippen LogP contribution < -0.4 is 0 Å². The van der Waals surface area contributed by atoms with Crippen LogP contribution >= 0.6 is 0 Å². The van der Waals surface area contributed by atoms with Gasteiger partial charge in [-0.25, -0.2) is 0 Å². The van der Waals surface area contributed by atoms with Gasteiger partial charge in [0.05, 0.1) is 0 Å². The highest BCUT2D eigenvalue weighted by Crippen LogP contribution is 2.39. The fourth-order valence-electron chi connectivity index (χ4n) is 2.74. The maximum absolute atomic E-state index is 2.64. The Kier molecular flexibility index (Phi) is 1.92. The molecule has 11 heavy (non-hydrogen) atoms. The van der Waals surface area contributed by atoms with Gasteiger partial charge in [-0.05, 0) is 31.2 Å². The number of hydrogen-bond acceptors (Lipinski definition) is 1. The summed E-state index contributed by atoms with van der Waals surface area (Å²) in [4.78, 5) is 2.64. The molecule has 1 heteroatoms. The summed E-state index contributed by atoms with van der Waals surface area (Å²) >= 11 is 0. The van der Waals surface area contributed by atoms with Gasteiger partial charge in [-0.3, -0.25) is 4.90 Å². The van der Waals surface area contributed by atoms with Crippen LogP contribution in [0, 0.1) is 11.8 Å². The SMILES string of the molecule is CCN1CC2CC[C@@H](C)CC21. The molecule has 64 valence electrons. The molecular formula is C10H19N. The zero-order chi connectivity index (χ0) is 7.84. The van der Waals surface area contributed by atoms with Crippen molar-refractivity contribution < 1.29 is 0 Å². The van der Waals surface area contributed by atoms with Gasteiger partial charge in [-0.2, -0.15) is 0 Å². The molecule has 0 aromatic heterocycles. The van der Waals surface area contributed by atoms with Gasteiger partial charge >= 0.3 is 0 Å². The Balaban J connectivity index is 1.91. The smallest absolute Gasteiger partial charge is 0.0138 e. The van der Waals surface area contributed by atoms with E-state index in [9.17, 15) is 0 Å². The van der Waals surface area contributed by atoms with Crippen LogP contribution in [0.1, 0.15) is 33.1 Å². The first-order valence-corrected chi connectivity index (χ1v) is 5.05. The van der Waals surface area contributed by atoms with Crippen LogP contribution in [0.3, 0.4) is 0 Å². The van der Waals surface area contributed by atoms with E-state index in [4.69, 9.17) is 0 Å². The Bertz CT molecular complexity index is 137. The predicted molar refractivity (Wildman–Crippen MR) is 47.5 cm³/mol. The van der Waals surface area contributed by atoms with Crippen LogP contribution in [0.4, 0.5) is 0 Å². The molecule has 1 saturated heterocycles. The zero-order valence-corrected chi connectivity index (χ0v) is 7.71. The van der Waals surface area contributed by atoms with Crippen molar-refractivity contribution >= 4 is 0 Å². The molecule has 0 spiro atoms. The molecule has 1 saturated carbocycles. The van der Waals surface area contributed by atoms with Crippen LogP contribution in [0.25, 0.3) is 0 Å². The highest BCUT2D eigenvalue weighted by Gasteiger charge is 2.40. The Labute approximate surface area is 69.8 Å².